The van der Waals surface area contributed by atoms with Crippen LogP contribution in [0, 0.1) is 0 Å². The van der Waals surface area contributed by atoms with Crippen LogP contribution in [0.15, 0.2) is 78.9 Å². The van der Waals surface area contributed by atoms with Crippen LogP contribution >= 0.6 is 11.6 Å². The van der Waals surface area contributed by atoms with Gasteiger partial charge in [-0.3, -0.25) is 9.69 Å². The van der Waals surface area contributed by atoms with Gasteiger partial charge in [-0.05, 0) is 35.4 Å². The van der Waals surface area contributed by atoms with E-state index in [-0.39, 0.29) is 18.1 Å². The summed E-state index contributed by atoms with van der Waals surface area (Å²) in [7, 11) is 0. The maximum atomic E-state index is 13.8. The van der Waals surface area contributed by atoms with Crippen LogP contribution in [0.4, 0.5) is 5.69 Å². The minimum absolute atomic E-state index is 0.00581. The molecule has 3 aromatic carbocycles. The third-order valence-electron chi connectivity index (χ3n) is 5.85. The van der Waals surface area contributed by atoms with Crippen molar-refractivity contribution in [3.8, 4) is 5.75 Å². The van der Waals surface area contributed by atoms with E-state index in [2.05, 4.69) is 17.0 Å². The Morgan fingerprint density at radius 1 is 0.867 bits per heavy atom. The monoisotopic (exact) mass is 418 g/mol. The second kappa shape index (κ2) is 8.13. The Balaban J connectivity index is 1.48. The van der Waals surface area contributed by atoms with Gasteiger partial charge in [0.05, 0.1) is 18.3 Å². The second-order valence-corrected chi connectivity index (χ2v) is 8.36. The lowest BCUT2D eigenvalue weighted by atomic mass is 10.1. The van der Waals surface area contributed by atoms with E-state index in [1.54, 1.807) is 0 Å². The zero-order chi connectivity index (χ0) is 20.5. The van der Waals surface area contributed by atoms with E-state index in [0.29, 0.717) is 19.5 Å². The zero-order valence-corrected chi connectivity index (χ0v) is 17.3. The number of carbonyl (C=O) groups excluding carboxylic acids is 1. The standard InChI is InChI=1S/C25H23ClN2O2/c26-20-12-10-19(11-13-20)15-27-17-21-14-23(27)25(29)28(16-18-6-2-1-3-7-18)22-8-4-5-9-24(22)30-21/h1-13,21,23H,14-17H2/t21-,23-/m0/s1. The summed E-state index contributed by atoms with van der Waals surface area (Å²) in [5.74, 6) is 0.907. The molecule has 3 aromatic rings. The molecule has 0 radical (unpaired) electrons. The van der Waals surface area contributed by atoms with Crippen LogP contribution < -0.4 is 9.64 Å². The van der Waals surface area contributed by atoms with E-state index in [0.717, 1.165) is 34.1 Å². The number of benzene rings is 3. The fourth-order valence-corrected chi connectivity index (χ4v) is 4.52. The fraction of sp³-hybridized carbons (Fsp3) is 0.240. The molecule has 0 aliphatic carbocycles. The summed E-state index contributed by atoms with van der Waals surface area (Å²) in [4.78, 5) is 17.9. The molecule has 0 saturated carbocycles. The van der Waals surface area contributed by atoms with Gasteiger partial charge in [-0.15, -0.1) is 0 Å². The topological polar surface area (TPSA) is 32.8 Å². The Bertz CT molecular complexity index is 1040. The highest BCUT2D eigenvalue weighted by Gasteiger charge is 2.42. The lowest BCUT2D eigenvalue weighted by molar-refractivity contribution is -0.123. The molecule has 2 aliphatic heterocycles. The van der Waals surface area contributed by atoms with Gasteiger partial charge in [0, 0.05) is 24.5 Å². The Morgan fingerprint density at radius 2 is 1.57 bits per heavy atom. The van der Waals surface area contributed by atoms with Crippen molar-refractivity contribution in [3.63, 3.8) is 0 Å². The molecule has 2 heterocycles. The first-order valence-electron chi connectivity index (χ1n) is 10.3. The minimum atomic E-state index is -0.206. The first kappa shape index (κ1) is 19.2. The lowest BCUT2D eigenvalue weighted by Gasteiger charge is -2.32. The average Bonchev–Trinajstić information content (AvgIpc) is 3.17. The highest BCUT2D eigenvalue weighted by molar-refractivity contribution is 6.30. The number of amides is 1. The van der Waals surface area contributed by atoms with E-state index in [1.807, 2.05) is 71.6 Å². The van der Waals surface area contributed by atoms with Crippen molar-refractivity contribution >= 4 is 23.2 Å². The molecule has 30 heavy (non-hydrogen) atoms. The zero-order valence-electron chi connectivity index (χ0n) is 16.6. The fourth-order valence-electron chi connectivity index (χ4n) is 4.39. The van der Waals surface area contributed by atoms with Crippen LogP contribution in [0.2, 0.25) is 5.02 Å². The number of likely N-dealkylation sites (tertiary alicyclic amines) is 1. The summed E-state index contributed by atoms with van der Waals surface area (Å²) in [6.45, 7) is 1.95. The molecule has 2 bridgehead atoms. The molecule has 0 spiro atoms. The van der Waals surface area contributed by atoms with Crippen LogP contribution in [0.25, 0.3) is 0 Å². The van der Waals surface area contributed by atoms with Gasteiger partial charge in [-0.25, -0.2) is 0 Å². The van der Waals surface area contributed by atoms with Crippen LogP contribution in [-0.4, -0.2) is 29.5 Å². The van der Waals surface area contributed by atoms with E-state index in [1.165, 1.54) is 0 Å². The Hall–Kier alpha value is -2.82. The molecule has 1 amide bonds. The van der Waals surface area contributed by atoms with Gasteiger partial charge in [0.15, 0.2) is 0 Å². The predicted molar refractivity (Wildman–Crippen MR) is 119 cm³/mol. The molecule has 4 nitrogen and oxygen atoms in total. The Morgan fingerprint density at radius 3 is 2.37 bits per heavy atom. The summed E-state index contributed by atoms with van der Waals surface area (Å²) < 4.78 is 6.37. The third kappa shape index (κ3) is 3.81. The first-order chi connectivity index (χ1) is 14.7. The van der Waals surface area contributed by atoms with Gasteiger partial charge in [-0.2, -0.15) is 0 Å². The molecule has 1 saturated heterocycles. The number of carbonyl (C=O) groups is 1. The van der Waals surface area contributed by atoms with Gasteiger partial charge in [0.25, 0.3) is 0 Å². The van der Waals surface area contributed by atoms with Crippen LogP contribution in [-0.2, 0) is 17.9 Å². The van der Waals surface area contributed by atoms with Gasteiger partial charge < -0.3 is 9.64 Å². The second-order valence-electron chi connectivity index (χ2n) is 7.92. The SMILES string of the molecule is O=C1[C@@H]2C[C@@H](CN2Cc2ccc(Cl)cc2)Oc2ccccc2N1Cc1ccccc1. The summed E-state index contributed by atoms with van der Waals surface area (Å²) in [6, 6.07) is 25.6. The van der Waals surface area contributed by atoms with Crippen molar-refractivity contribution in [2.75, 3.05) is 11.4 Å². The van der Waals surface area contributed by atoms with Crippen molar-refractivity contribution < 1.29 is 9.53 Å². The minimum Gasteiger partial charge on any atom is -0.487 e. The van der Waals surface area contributed by atoms with E-state index < -0.39 is 0 Å². The van der Waals surface area contributed by atoms with Crippen LogP contribution in [0.1, 0.15) is 17.5 Å². The van der Waals surface area contributed by atoms with Gasteiger partial charge >= 0.3 is 0 Å². The molecule has 0 N–H and O–H groups in total. The summed E-state index contributed by atoms with van der Waals surface area (Å²) in [5, 5.41) is 0.719. The molecule has 0 unspecified atom stereocenters. The molecular formula is C25H23ClN2O2. The van der Waals surface area contributed by atoms with E-state index in [4.69, 9.17) is 16.3 Å². The molecular weight excluding hydrogens is 396 g/mol. The summed E-state index contributed by atoms with van der Waals surface area (Å²) in [5.41, 5.74) is 3.08. The molecule has 5 heteroatoms. The quantitative estimate of drug-likeness (QED) is 0.603. The van der Waals surface area contributed by atoms with Crippen molar-refractivity contribution in [3.05, 3.63) is 95.0 Å². The first-order valence-corrected chi connectivity index (χ1v) is 10.6. The molecule has 1 fully saturated rings. The largest absolute Gasteiger partial charge is 0.487 e. The maximum absolute atomic E-state index is 13.8. The van der Waals surface area contributed by atoms with Crippen molar-refractivity contribution in [2.45, 2.75) is 31.7 Å². The third-order valence-corrected chi connectivity index (χ3v) is 6.10. The Kier molecular flexibility index (Phi) is 5.19. The normalized spacial score (nSPS) is 21.0. The van der Waals surface area contributed by atoms with Crippen molar-refractivity contribution in [2.24, 2.45) is 0 Å². The lowest BCUT2D eigenvalue weighted by Crippen LogP contribution is -2.45. The smallest absolute Gasteiger partial charge is 0.244 e. The number of hydrogen-bond acceptors (Lipinski definition) is 3. The number of nitrogens with zero attached hydrogens (tertiary/aromatic N) is 2. The van der Waals surface area contributed by atoms with Gasteiger partial charge in [0.1, 0.15) is 11.9 Å². The summed E-state index contributed by atoms with van der Waals surface area (Å²) in [6.07, 6.45) is 0.706. The predicted octanol–water partition coefficient (Wildman–Crippen LogP) is 4.91. The van der Waals surface area contributed by atoms with E-state index >= 15 is 0 Å². The van der Waals surface area contributed by atoms with Crippen LogP contribution in [0.5, 0.6) is 5.75 Å². The number of ether oxygens (including phenoxy) is 1. The molecule has 0 aromatic heterocycles. The number of rotatable bonds is 4. The summed E-state index contributed by atoms with van der Waals surface area (Å²) >= 11 is 6.04. The van der Waals surface area contributed by atoms with Crippen LogP contribution in [0.3, 0.4) is 0 Å². The number of halogens is 1. The molecule has 152 valence electrons. The number of fused-ring (bicyclic) bond motifs is 3. The van der Waals surface area contributed by atoms with Crippen molar-refractivity contribution in [1.29, 1.82) is 0 Å². The average molecular weight is 419 g/mol. The van der Waals surface area contributed by atoms with E-state index in [9.17, 15) is 4.79 Å². The van der Waals surface area contributed by atoms with Gasteiger partial charge in [-0.1, -0.05) is 66.2 Å². The highest BCUT2D eigenvalue weighted by Crippen LogP contribution is 2.37. The maximum Gasteiger partial charge on any atom is 0.244 e. The van der Waals surface area contributed by atoms with Crippen molar-refractivity contribution in [1.82, 2.24) is 4.90 Å². The molecule has 5 rings (SSSR count). The molecule has 2 aliphatic rings. The highest BCUT2D eigenvalue weighted by atomic mass is 35.5. The molecule has 2 atom stereocenters. The van der Waals surface area contributed by atoms with Gasteiger partial charge in [0.2, 0.25) is 5.91 Å². The Labute approximate surface area is 181 Å². The number of anilines is 1. The number of para-hydroxylation sites is 2. The number of hydrogen-bond donors (Lipinski definition) is 0.